The molecule has 0 aliphatic rings. The highest BCUT2D eigenvalue weighted by atomic mass is 32.1. The Bertz CT molecular complexity index is 1240. The summed E-state index contributed by atoms with van der Waals surface area (Å²) in [5.41, 5.74) is 1.89. The second kappa shape index (κ2) is 9.69. The zero-order valence-corrected chi connectivity index (χ0v) is 18.5. The average Bonchev–Trinajstić information content (AvgIpc) is 3.32. The van der Waals surface area contributed by atoms with Crippen molar-refractivity contribution < 1.29 is 19.1 Å². The Kier molecular flexibility index (Phi) is 7.02. The molecule has 0 amide bonds. The van der Waals surface area contributed by atoms with Gasteiger partial charge in [0.2, 0.25) is 0 Å². The van der Waals surface area contributed by atoms with Crippen molar-refractivity contribution in [2.24, 2.45) is 0 Å². The zero-order valence-electron chi connectivity index (χ0n) is 16.8. The van der Waals surface area contributed by atoms with Gasteiger partial charge in [-0.2, -0.15) is 11.3 Å². The van der Waals surface area contributed by atoms with Crippen molar-refractivity contribution in [3.63, 3.8) is 0 Å². The summed E-state index contributed by atoms with van der Waals surface area (Å²) in [5, 5.41) is 3.87. The second-order valence-electron chi connectivity index (χ2n) is 6.38. The van der Waals surface area contributed by atoms with Gasteiger partial charge in [0.1, 0.15) is 10.4 Å². The van der Waals surface area contributed by atoms with Gasteiger partial charge < -0.3 is 9.47 Å². The van der Waals surface area contributed by atoms with E-state index in [1.54, 1.807) is 31.2 Å². The van der Waals surface area contributed by atoms with Gasteiger partial charge in [-0.1, -0.05) is 0 Å². The molecule has 0 atom stereocenters. The van der Waals surface area contributed by atoms with Gasteiger partial charge in [0.25, 0.3) is 5.56 Å². The number of rotatable bonds is 7. The molecule has 0 radical (unpaired) electrons. The maximum Gasteiger partial charge on any atom is 0.333 e. The van der Waals surface area contributed by atoms with Gasteiger partial charge in [-0.3, -0.25) is 14.2 Å². The highest BCUT2D eigenvalue weighted by molar-refractivity contribution is 7.08. The van der Waals surface area contributed by atoms with Gasteiger partial charge in [0.05, 0.1) is 30.9 Å². The lowest BCUT2D eigenvalue weighted by molar-refractivity contribution is -0.135. The quantitative estimate of drug-likeness (QED) is 0.414. The molecular formula is C22H21NO5S2. The van der Waals surface area contributed by atoms with E-state index in [0.717, 1.165) is 5.56 Å². The van der Waals surface area contributed by atoms with Crippen molar-refractivity contribution in [3.8, 4) is 5.75 Å². The summed E-state index contributed by atoms with van der Waals surface area (Å²) in [6, 6.07) is 7.02. The van der Waals surface area contributed by atoms with E-state index in [0.29, 0.717) is 26.1 Å². The first-order valence-corrected chi connectivity index (χ1v) is 11.0. The van der Waals surface area contributed by atoms with E-state index < -0.39 is 5.97 Å². The van der Waals surface area contributed by atoms with E-state index in [4.69, 9.17) is 9.47 Å². The molecule has 0 fully saturated rings. The SMILES string of the molecule is CCOC(=O)C=c1sc(=Cc2ccsc2)c(=O)n1Cc1cc(C(C)=O)ccc1OC. The lowest BCUT2D eigenvalue weighted by atomic mass is 10.1. The summed E-state index contributed by atoms with van der Waals surface area (Å²) in [6.45, 7) is 3.60. The minimum Gasteiger partial charge on any atom is -0.496 e. The Labute approximate surface area is 181 Å². The monoisotopic (exact) mass is 443 g/mol. The average molecular weight is 444 g/mol. The summed E-state index contributed by atoms with van der Waals surface area (Å²) in [4.78, 5) is 37.0. The maximum absolute atomic E-state index is 13.1. The number of ketones is 1. The van der Waals surface area contributed by atoms with Crippen LogP contribution in [0.25, 0.3) is 12.2 Å². The van der Waals surface area contributed by atoms with Gasteiger partial charge in [-0.15, -0.1) is 11.3 Å². The Morgan fingerprint density at radius 1 is 1.23 bits per heavy atom. The van der Waals surface area contributed by atoms with Crippen molar-refractivity contribution in [1.29, 1.82) is 0 Å². The standard InChI is InChI=1S/C22H21NO5S2/c1-4-28-21(25)11-20-23(22(26)19(30-20)9-15-7-8-29-13-15)12-17-10-16(14(2)24)5-6-18(17)27-3/h5-11,13H,4,12H2,1-3H3. The highest BCUT2D eigenvalue weighted by Crippen LogP contribution is 2.20. The Balaban J connectivity index is 2.17. The van der Waals surface area contributed by atoms with Crippen molar-refractivity contribution in [3.05, 3.63) is 71.3 Å². The fraction of sp³-hybridized carbons (Fsp3) is 0.227. The molecule has 0 aliphatic heterocycles. The van der Waals surface area contributed by atoms with Gasteiger partial charge in [0.15, 0.2) is 5.78 Å². The molecule has 30 heavy (non-hydrogen) atoms. The van der Waals surface area contributed by atoms with Gasteiger partial charge >= 0.3 is 5.97 Å². The molecule has 2 aromatic heterocycles. The molecule has 0 unspecified atom stereocenters. The number of thiophene rings is 1. The van der Waals surface area contributed by atoms with Crippen LogP contribution in [0.4, 0.5) is 0 Å². The predicted octanol–water partition coefficient (Wildman–Crippen LogP) is 2.40. The number of carbonyl (C=O) groups is 2. The number of Topliss-reactive ketones (excluding diaryl/α,β-unsaturated/α-hetero) is 1. The smallest absolute Gasteiger partial charge is 0.333 e. The third kappa shape index (κ3) is 4.95. The first-order chi connectivity index (χ1) is 14.4. The van der Waals surface area contributed by atoms with Gasteiger partial charge in [-0.25, -0.2) is 4.79 Å². The number of methoxy groups -OCH3 is 1. The topological polar surface area (TPSA) is 74.6 Å². The van der Waals surface area contributed by atoms with Crippen LogP contribution in [0.3, 0.4) is 0 Å². The van der Waals surface area contributed by atoms with Crippen molar-refractivity contribution in [2.75, 3.05) is 13.7 Å². The van der Waals surface area contributed by atoms with Crippen LogP contribution in [0.5, 0.6) is 5.75 Å². The fourth-order valence-electron chi connectivity index (χ4n) is 2.88. The van der Waals surface area contributed by atoms with Crippen LogP contribution >= 0.6 is 22.7 Å². The summed E-state index contributed by atoms with van der Waals surface area (Å²) in [6.07, 6.45) is 3.12. The van der Waals surface area contributed by atoms with Crippen LogP contribution in [0.1, 0.15) is 35.3 Å². The normalized spacial score (nSPS) is 12.2. The highest BCUT2D eigenvalue weighted by Gasteiger charge is 2.13. The maximum atomic E-state index is 13.1. The molecule has 156 valence electrons. The fourth-order valence-corrected chi connectivity index (χ4v) is 4.53. The molecule has 0 bridgehead atoms. The van der Waals surface area contributed by atoms with Crippen LogP contribution < -0.4 is 19.5 Å². The largest absolute Gasteiger partial charge is 0.496 e. The van der Waals surface area contributed by atoms with E-state index in [1.807, 2.05) is 16.8 Å². The lowest BCUT2D eigenvalue weighted by Gasteiger charge is -2.10. The minimum atomic E-state index is -0.515. The molecule has 0 saturated heterocycles. The Morgan fingerprint density at radius 2 is 2.03 bits per heavy atom. The number of carbonyl (C=O) groups excluding carboxylic acids is 2. The molecule has 0 spiro atoms. The summed E-state index contributed by atoms with van der Waals surface area (Å²) in [5.74, 6) is -0.0380. The lowest BCUT2D eigenvalue weighted by Crippen LogP contribution is -2.32. The molecule has 0 saturated carbocycles. The summed E-state index contributed by atoms with van der Waals surface area (Å²) < 4.78 is 12.9. The van der Waals surface area contributed by atoms with Crippen LogP contribution in [0, 0.1) is 0 Å². The van der Waals surface area contributed by atoms with Crippen molar-refractivity contribution in [2.45, 2.75) is 20.4 Å². The van der Waals surface area contributed by atoms with Gasteiger partial charge in [-0.05, 0) is 60.5 Å². The molecule has 1 aromatic carbocycles. The predicted molar refractivity (Wildman–Crippen MR) is 119 cm³/mol. The molecule has 0 aliphatic carbocycles. The minimum absolute atomic E-state index is 0.0821. The number of thiazole rings is 1. The van der Waals surface area contributed by atoms with Gasteiger partial charge in [0, 0.05) is 11.1 Å². The molecule has 2 heterocycles. The van der Waals surface area contributed by atoms with Crippen molar-refractivity contribution in [1.82, 2.24) is 4.57 Å². The molecular weight excluding hydrogens is 422 g/mol. The van der Waals surface area contributed by atoms with Crippen LogP contribution in [-0.4, -0.2) is 30.0 Å². The van der Waals surface area contributed by atoms with E-state index >= 15 is 0 Å². The van der Waals surface area contributed by atoms with E-state index in [2.05, 4.69) is 0 Å². The first kappa shape index (κ1) is 21.7. The zero-order chi connectivity index (χ0) is 21.7. The Morgan fingerprint density at radius 3 is 2.67 bits per heavy atom. The van der Waals surface area contributed by atoms with E-state index in [9.17, 15) is 14.4 Å². The number of nitrogens with zero attached hydrogens (tertiary/aromatic N) is 1. The number of benzene rings is 1. The summed E-state index contributed by atoms with van der Waals surface area (Å²) in [7, 11) is 1.53. The third-order valence-electron chi connectivity index (χ3n) is 4.32. The molecule has 3 rings (SSSR count). The van der Waals surface area contributed by atoms with Crippen LogP contribution in [0.15, 0.2) is 39.8 Å². The second-order valence-corrected chi connectivity index (χ2v) is 8.22. The Hall–Kier alpha value is -2.97. The molecule has 6 nitrogen and oxygen atoms in total. The number of aromatic nitrogens is 1. The van der Waals surface area contributed by atoms with Crippen LogP contribution in [0.2, 0.25) is 0 Å². The first-order valence-electron chi connectivity index (χ1n) is 9.22. The number of ether oxygens (including phenoxy) is 2. The number of hydrogen-bond acceptors (Lipinski definition) is 7. The van der Waals surface area contributed by atoms with E-state index in [-0.39, 0.29) is 24.5 Å². The number of esters is 1. The molecule has 0 N–H and O–H groups in total. The third-order valence-corrected chi connectivity index (χ3v) is 6.08. The number of hydrogen-bond donors (Lipinski definition) is 0. The molecule has 8 heteroatoms. The summed E-state index contributed by atoms with van der Waals surface area (Å²) >= 11 is 2.76. The van der Waals surface area contributed by atoms with Crippen LogP contribution in [-0.2, 0) is 16.1 Å². The van der Waals surface area contributed by atoms with E-state index in [1.165, 1.54) is 47.4 Å². The molecule has 3 aromatic rings. The van der Waals surface area contributed by atoms with Crippen molar-refractivity contribution >= 4 is 46.6 Å².